The number of para-hydroxylation sites is 1. The van der Waals surface area contributed by atoms with Gasteiger partial charge in [0.1, 0.15) is 5.69 Å². The molecule has 0 bridgehead atoms. The third kappa shape index (κ3) is 4.50. The average Bonchev–Trinajstić information content (AvgIpc) is 3.43. The van der Waals surface area contributed by atoms with Crippen LogP contribution in [0.2, 0.25) is 5.02 Å². The van der Waals surface area contributed by atoms with Crippen molar-refractivity contribution in [3.8, 4) is 28.1 Å². The molecular formula is C28H22ClN5O3. The Labute approximate surface area is 217 Å². The summed E-state index contributed by atoms with van der Waals surface area (Å²) in [6.45, 7) is 3.79. The van der Waals surface area contributed by atoms with Crippen molar-refractivity contribution in [1.82, 2.24) is 14.9 Å². The highest BCUT2D eigenvalue weighted by atomic mass is 35.5. The van der Waals surface area contributed by atoms with Crippen LogP contribution in [0.4, 0.5) is 5.88 Å². The van der Waals surface area contributed by atoms with Crippen molar-refractivity contribution < 1.29 is 14.1 Å². The van der Waals surface area contributed by atoms with Gasteiger partial charge in [-0.1, -0.05) is 53.2 Å². The Morgan fingerprint density at radius 3 is 2.30 bits per heavy atom. The molecule has 184 valence electrons. The first-order valence-electron chi connectivity index (χ1n) is 11.4. The fourth-order valence-electron chi connectivity index (χ4n) is 4.29. The number of anilines is 1. The lowest BCUT2D eigenvalue weighted by atomic mass is 9.95. The highest BCUT2D eigenvalue weighted by Gasteiger charge is 2.28. The first-order chi connectivity index (χ1) is 17.8. The standard InChI is InChI=1S/C28H22ClN5O3/c1-16-23(17(2)34(32-16)20-8-4-3-5-9-20)25-24(21-10-6-7-11-22(21)26(30)35)28(37-33-25)31-27(36)18-12-14-19(29)15-13-18/h3-15H,1-2H3,(H2,30,35)(H,31,36). The van der Waals surface area contributed by atoms with Gasteiger partial charge >= 0.3 is 0 Å². The molecule has 5 aromatic rings. The number of aryl methyl sites for hydroxylation is 1. The van der Waals surface area contributed by atoms with E-state index in [2.05, 4.69) is 10.5 Å². The Kier molecular flexibility index (Phi) is 6.33. The normalized spacial score (nSPS) is 10.9. The van der Waals surface area contributed by atoms with Crippen molar-refractivity contribution in [1.29, 1.82) is 0 Å². The zero-order chi connectivity index (χ0) is 26.1. The van der Waals surface area contributed by atoms with Crippen molar-refractivity contribution >= 4 is 29.3 Å². The van der Waals surface area contributed by atoms with Crippen LogP contribution < -0.4 is 11.1 Å². The molecule has 37 heavy (non-hydrogen) atoms. The lowest BCUT2D eigenvalue weighted by Crippen LogP contribution is -2.14. The summed E-state index contributed by atoms with van der Waals surface area (Å²) in [6, 6.07) is 23.0. The molecule has 2 amide bonds. The molecule has 9 heteroatoms. The third-order valence-electron chi connectivity index (χ3n) is 6.02. The number of halogens is 1. The van der Waals surface area contributed by atoms with Crippen molar-refractivity contribution in [3.63, 3.8) is 0 Å². The van der Waals surface area contributed by atoms with Gasteiger partial charge in [-0.25, -0.2) is 4.68 Å². The van der Waals surface area contributed by atoms with E-state index in [0.29, 0.717) is 38.7 Å². The van der Waals surface area contributed by atoms with E-state index in [1.54, 1.807) is 48.5 Å². The number of rotatable bonds is 6. The van der Waals surface area contributed by atoms with E-state index in [-0.39, 0.29) is 11.4 Å². The highest BCUT2D eigenvalue weighted by molar-refractivity contribution is 6.30. The molecule has 0 aliphatic rings. The van der Waals surface area contributed by atoms with Crippen molar-refractivity contribution in [2.75, 3.05) is 5.32 Å². The van der Waals surface area contributed by atoms with Crippen LogP contribution in [0.5, 0.6) is 0 Å². The van der Waals surface area contributed by atoms with Gasteiger partial charge in [-0.05, 0) is 56.3 Å². The molecule has 5 rings (SSSR count). The molecule has 0 atom stereocenters. The minimum absolute atomic E-state index is 0.0786. The van der Waals surface area contributed by atoms with Crippen LogP contribution in [0.3, 0.4) is 0 Å². The van der Waals surface area contributed by atoms with Crippen LogP contribution in [-0.2, 0) is 0 Å². The fraction of sp³-hybridized carbons (Fsp3) is 0.0714. The minimum atomic E-state index is -0.619. The van der Waals surface area contributed by atoms with Gasteiger partial charge in [0.15, 0.2) is 0 Å². The topological polar surface area (TPSA) is 116 Å². The Morgan fingerprint density at radius 1 is 0.919 bits per heavy atom. The van der Waals surface area contributed by atoms with Crippen molar-refractivity contribution in [2.24, 2.45) is 5.73 Å². The number of amides is 2. The number of aromatic nitrogens is 3. The van der Waals surface area contributed by atoms with Gasteiger partial charge in [-0.15, -0.1) is 0 Å². The smallest absolute Gasteiger partial charge is 0.258 e. The predicted molar refractivity (Wildman–Crippen MR) is 142 cm³/mol. The lowest BCUT2D eigenvalue weighted by Gasteiger charge is -2.10. The number of nitrogens with zero attached hydrogens (tertiary/aromatic N) is 3. The van der Waals surface area contributed by atoms with Gasteiger partial charge in [0.2, 0.25) is 11.8 Å². The highest BCUT2D eigenvalue weighted by Crippen LogP contribution is 2.42. The number of primary amides is 1. The molecule has 0 fully saturated rings. The van der Waals surface area contributed by atoms with Gasteiger partial charge < -0.3 is 10.3 Å². The summed E-state index contributed by atoms with van der Waals surface area (Å²) in [5.41, 5.74) is 10.8. The van der Waals surface area contributed by atoms with Gasteiger partial charge in [0.25, 0.3) is 5.91 Å². The third-order valence-corrected chi connectivity index (χ3v) is 6.27. The molecular weight excluding hydrogens is 490 g/mol. The number of benzene rings is 3. The molecule has 0 spiro atoms. The lowest BCUT2D eigenvalue weighted by molar-refractivity contribution is 0.0998. The molecule has 2 heterocycles. The second-order valence-electron chi connectivity index (χ2n) is 8.40. The van der Waals surface area contributed by atoms with E-state index in [1.807, 2.05) is 48.9 Å². The molecule has 3 N–H and O–H groups in total. The molecule has 0 unspecified atom stereocenters. The molecule has 2 aromatic heterocycles. The Balaban J connectivity index is 1.69. The molecule has 3 aromatic carbocycles. The van der Waals surface area contributed by atoms with Crippen LogP contribution in [0.25, 0.3) is 28.1 Å². The Morgan fingerprint density at radius 2 is 1.59 bits per heavy atom. The van der Waals surface area contributed by atoms with Crippen molar-refractivity contribution in [2.45, 2.75) is 13.8 Å². The van der Waals surface area contributed by atoms with Gasteiger partial charge in [-0.2, -0.15) is 5.10 Å². The van der Waals surface area contributed by atoms with Crippen LogP contribution in [-0.4, -0.2) is 26.8 Å². The van der Waals surface area contributed by atoms with Crippen LogP contribution in [0.15, 0.2) is 83.4 Å². The Hall–Kier alpha value is -4.69. The summed E-state index contributed by atoms with van der Waals surface area (Å²) < 4.78 is 7.50. The number of nitrogens with one attached hydrogen (secondary N) is 1. The van der Waals surface area contributed by atoms with E-state index in [4.69, 9.17) is 27.0 Å². The fourth-order valence-corrected chi connectivity index (χ4v) is 4.42. The molecule has 0 aliphatic carbocycles. The number of carbonyl (C=O) groups is 2. The van der Waals surface area contributed by atoms with Crippen LogP contribution >= 0.6 is 11.6 Å². The quantitative estimate of drug-likeness (QED) is 0.298. The summed E-state index contributed by atoms with van der Waals surface area (Å²) in [6.07, 6.45) is 0. The SMILES string of the molecule is Cc1nn(-c2ccccc2)c(C)c1-c1noc(NC(=O)c2ccc(Cl)cc2)c1-c1ccccc1C(N)=O. The molecule has 8 nitrogen and oxygen atoms in total. The molecule has 0 saturated heterocycles. The maximum Gasteiger partial charge on any atom is 0.258 e. The largest absolute Gasteiger partial charge is 0.366 e. The maximum absolute atomic E-state index is 13.0. The zero-order valence-corrected chi connectivity index (χ0v) is 20.8. The molecule has 0 aliphatic heterocycles. The van der Waals surface area contributed by atoms with E-state index in [1.165, 1.54) is 0 Å². The number of hydrogen-bond donors (Lipinski definition) is 2. The maximum atomic E-state index is 13.0. The number of carbonyl (C=O) groups excluding carboxylic acids is 2. The summed E-state index contributed by atoms with van der Waals surface area (Å²) >= 11 is 5.96. The zero-order valence-electron chi connectivity index (χ0n) is 20.0. The second-order valence-corrected chi connectivity index (χ2v) is 8.84. The van der Waals surface area contributed by atoms with Crippen LogP contribution in [0, 0.1) is 13.8 Å². The van der Waals surface area contributed by atoms with Gasteiger partial charge in [0.05, 0.1) is 22.6 Å². The predicted octanol–water partition coefficient (Wildman–Crippen LogP) is 5.82. The van der Waals surface area contributed by atoms with E-state index in [0.717, 1.165) is 11.4 Å². The first kappa shape index (κ1) is 24.0. The second kappa shape index (κ2) is 9.75. The monoisotopic (exact) mass is 511 g/mol. The van der Waals surface area contributed by atoms with E-state index in [9.17, 15) is 9.59 Å². The molecule has 0 saturated carbocycles. The Bertz CT molecular complexity index is 1620. The van der Waals surface area contributed by atoms with E-state index >= 15 is 0 Å². The first-order valence-corrected chi connectivity index (χ1v) is 11.8. The summed E-state index contributed by atoms with van der Waals surface area (Å²) in [4.78, 5) is 25.4. The average molecular weight is 512 g/mol. The summed E-state index contributed by atoms with van der Waals surface area (Å²) in [5, 5.41) is 12.4. The van der Waals surface area contributed by atoms with Gasteiger partial charge in [0, 0.05) is 27.3 Å². The number of hydrogen-bond acceptors (Lipinski definition) is 5. The van der Waals surface area contributed by atoms with E-state index < -0.39 is 11.8 Å². The van der Waals surface area contributed by atoms with Crippen LogP contribution in [0.1, 0.15) is 32.1 Å². The van der Waals surface area contributed by atoms with Crippen molar-refractivity contribution in [3.05, 3.63) is 106 Å². The van der Waals surface area contributed by atoms with Gasteiger partial charge in [-0.3, -0.25) is 14.9 Å². The summed E-state index contributed by atoms with van der Waals surface area (Å²) in [5.74, 6) is -0.966. The minimum Gasteiger partial charge on any atom is -0.366 e. The summed E-state index contributed by atoms with van der Waals surface area (Å²) in [7, 11) is 0. The number of nitrogens with two attached hydrogens (primary N) is 1. The molecule has 0 radical (unpaired) electrons.